The van der Waals surface area contributed by atoms with Crippen LogP contribution in [0.15, 0.2) is 0 Å². The molecular weight excluding hydrogens is 276 g/mol. The number of hydrogen-bond acceptors (Lipinski definition) is 4. The van der Waals surface area contributed by atoms with E-state index in [4.69, 9.17) is 4.74 Å². The molecule has 0 aromatic carbocycles. The van der Waals surface area contributed by atoms with Gasteiger partial charge in [-0.25, -0.2) is 5.43 Å². The highest BCUT2D eigenvalue weighted by Crippen LogP contribution is 2.55. The molecule has 4 bridgehead atoms. The van der Waals surface area contributed by atoms with Gasteiger partial charge in [-0.15, -0.1) is 12.4 Å². The van der Waals surface area contributed by atoms with Crippen LogP contribution in [0.3, 0.4) is 0 Å². The van der Waals surface area contributed by atoms with Gasteiger partial charge in [-0.05, 0) is 70.1 Å². The van der Waals surface area contributed by atoms with E-state index in [0.717, 1.165) is 17.8 Å². The van der Waals surface area contributed by atoms with Gasteiger partial charge in [0.05, 0.1) is 6.61 Å². The van der Waals surface area contributed by atoms with Crippen LogP contribution in [0.25, 0.3) is 0 Å². The Hall–Kier alpha value is -0.320. The van der Waals surface area contributed by atoms with Gasteiger partial charge in [0, 0.05) is 5.54 Å². The molecule has 4 aliphatic rings. The normalized spacial score (nSPS) is 39.2. The molecule has 4 saturated carbocycles. The third-order valence-electron chi connectivity index (χ3n) is 5.23. The lowest BCUT2D eigenvalue weighted by Gasteiger charge is -2.57. The Kier molecular flexibility index (Phi) is 4.98. The van der Waals surface area contributed by atoms with Crippen LogP contribution in [-0.4, -0.2) is 24.2 Å². The predicted molar refractivity (Wildman–Crippen MR) is 80.5 cm³/mol. The zero-order valence-corrected chi connectivity index (χ0v) is 13.3. The Morgan fingerprint density at radius 2 is 1.70 bits per heavy atom. The molecule has 0 aliphatic heterocycles. The first-order valence-corrected chi connectivity index (χ1v) is 7.79. The number of ether oxygens (including phenoxy) is 1. The summed E-state index contributed by atoms with van der Waals surface area (Å²) < 4.78 is 5.03. The van der Waals surface area contributed by atoms with Gasteiger partial charge in [0.2, 0.25) is 0 Å². The standard InChI is InChI=1S/C15H26N2O2.ClH/c1-3-19-14(18)10(2)16-17-15-7-11-4-12(8-15)6-13(5-11)9-15;/h10-13,16-17H,3-9H2,1-2H3;1H. The predicted octanol–water partition coefficient (Wildman–Crippen LogP) is 2.42. The maximum atomic E-state index is 11.6. The SMILES string of the molecule is CCOC(=O)C(C)NNC12CC3CC(CC(C3)C1)C2.Cl. The maximum absolute atomic E-state index is 11.6. The van der Waals surface area contributed by atoms with Crippen molar-refractivity contribution in [3.05, 3.63) is 0 Å². The van der Waals surface area contributed by atoms with E-state index < -0.39 is 0 Å². The van der Waals surface area contributed by atoms with Gasteiger partial charge in [0.1, 0.15) is 6.04 Å². The van der Waals surface area contributed by atoms with Gasteiger partial charge >= 0.3 is 5.97 Å². The highest BCUT2D eigenvalue weighted by molar-refractivity contribution is 5.85. The van der Waals surface area contributed by atoms with Gasteiger partial charge < -0.3 is 4.74 Å². The van der Waals surface area contributed by atoms with Crippen molar-refractivity contribution < 1.29 is 9.53 Å². The summed E-state index contributed by atoms with van der Waals surface area (Å²) in [6, 6.07) is -0.270. The molecule has 5 heteroatoms. The van der Waals surface area contributed by atoms with Crippen molar-refractivity contribution in [2.75, 3.05) is 6.61 Å². The molecule has 1 unspecified atom stereocenters. The van der Waals surface area contributed by atoms with E-state index in [1.165, 1.54) is 38.5 Å². The topological polar surface area (TPSA) is 50.4 Å². The van der Waals surface area contributed by atoms with Crippen LogP contribution in [0.5, 0.6) is 0 Å². The molecule has 4 fully saturated rings. The third-order valence-corrected chi connectivity index (χ3v) is 5.23. The van der Waals surface area contributed by atoms with Crippen LogP contribution >= 0.6 is 12.4 Å². The quantitative estimate of drug-likeness (QED) is 0.605. The first kappa shape index (κ1) is 16.1. The van der Waals surface area contributed by atoms with Crippen molar-refractivity contribution in [1.82, 2.24) is 10.9 Å². The zero-order chi connectivity index (χ0) is 13.5. The Morgan fingerprint density at radius 1 is 1.20 bits per heavy atom. The molecule has 2 N–H and O–H groups in total. The van der Waals surface area contributed by atoms with Crippen molar-refractivity contribution >= 4 is 18.4 Å². The summed E-state index contributed by atoms with van der Waals surface area (Å²) in [4.78, 5) is 11.6. The molecule has 0 aromatic rings. The van der Waals surface area contributed by atoms with Gasteiger partial charge in [0.25, 0.3) is 0 Å². The van der Waals surface area contributed by atoms with E-state index in [9.17, 15) is 4.79 Å². The Labute approximate surface area is 127 Å². The van der Waals surface area contributed by atoms with Crippen molar-refractivity contribution in [2.24, 2.45) is 17.8 Å². The van der Waals surface area contributed by atoms with E-state index in [0.29, 0.717) is 6.61 Å². The molecule has 0 saturated heterocycles. The number of nitrogens with one attached hydrogen (secondary N) is 2. The van der Waals surface area contributed by atoms with Crippen LogP contribution in [-0.2, 0) is 9.53 Å². The second-order valence-electron chi connectivity index (χ2n) is 6.94. The fourth-order valence-electron chi connectivity index (χ4n) is 4.85. The number of hydrazine groups is 1. The molecule has 4 aliphatic carbocycles. The fraction of sp³-hybridized carbons (Fsp3) is 0.933. The minimum atomic E-state index is -0.270. The second-order valence-corrected chi connectivity index (χ2v) is 6.94. The number of rotatable bonds is 5. The fourth-order valence-corrected chi connectivity index (χ4v) is 4.85. The first-order chi connectivity index (χ1) is 9.10. The molecule has 0 spiro atoms. The molecule has 116 valence electrons. The summed E-state index contributed by atoms with van der Waals surface area (Å²) in [5.41, 5.74) is 6.96. The van der Waals surface area contributed by atoms with Crippen LogP contribution in [0, 0.1) is 17.8 Å². The number of carbonyl (C=O) groups is 1. The first-order valence-electron chi connectivity index (χ1n) is 7.79. The average molecular weight is 303 g/mol. The summed E-state index contributed by atoms with van der Waals surface area (Å²) in [7, 11) is 0. The molecule has 4 rings (SSSR count). The van der Waals surface area contributed by atoms with Crippen LogP contribution in [0.4, 0.5) is 0 Å². The average Bonchev–Trinajstić information content (AvgIpc) is 2.34. The van der Waals surface area contributed by atoms with Crippen LogP contribution < -0.4 is 10.9 Å². The van der Waals surface area contributed by atoms with E-state index >= 15 is 0 Å². The van der Waals surface area contributed by atoms with Crippen LogP contribution in [0.2, 0.25) is 0 Å². The van der Waals surface area contributed by atoms with Crippen LogP contribution in [0.1, 0.15) is 52.4 Å². The monoisotopic (exact) mass is 302 g/mol. The maximum Gasteiger partial charge on any atom is 0.324 e. The van der Waals surface area contributed by atoms with E-state index in [-0.39, 0.29) is 30.0 Å². The molecule has 20 heavy (non-hydrogen) atoms. The lowest BCUT2D eigenvalue weighted by Crippen LogP contribution is -2.63. The van der Waals surface area contributed by atoms with Gasteiger partial charge in [-0.3, -0.25) is 10.2 Å². The van der Waals surface area contributed by atoms with Crippen molar-refractivity contribution in [3.63, 3.8) is 0 Å². The van der Waals surface area contributed by atoms with Gasteiger partial charge in [-0.2, -0.15) is 0 Å². The second kappa shape index (κ2) is 6.20. The Bertz CT molecular complexity index is 326. The molecule has 0 aromatic heterocycles. The zero-order valence-electron chi connectivity index (χ0n) is 12.5. The number of carbonyl (C=O) groups excluding carboxylic acids is 1. The largest absolute Gasteiger partial charge is 0.465 e. The van der Waals surface area contributed by atoms with Crippen molar-refractivity contribution in [2.45, 2.75) is 64.0 Å². The van der Waals surface area contributed by atoms with Crippen molar-refractivity contribution in [1.29, 1.82) is 0 Å². The van der Waals surface area contributed by atoms with E-state index in [1.54, 1.807) is 0 Å². The highest BCUT2D eigenvalue weighted by Gasteiger charge is 2.50. The lowest BCUT2D eigenvalue weighted by molar-refractivity contribution is -0.146. The minimum absolute atomic E-state index is 0. The summed E-state index contributed by atoms with van der Waals surface area (Å²) in [5.74, 6) is 2.58. The molecule has 0 amide bonds. The molecule has 1 atom stereocenters. The lowest BCUT2D eigenvalue weighted by atomic mass is 9.53. The Balaban J connectivity index is 0.00000147. The Morgan fingerprint density at radius 3 is 2.15 bits per heavy atom. The molecule has 4 nitrogen and oxygen atoms in total. The molecule has 0 heterocycles. The summed E-state index contributed by atoms with van der Waals surface area (Å²) in [6.07, 6.45) is 8.15. The summed E-state index contributed by atoms with van der Waals surface area (Å²) >= 11 is 0. The molecular formula is C15H27ClN2O2. The van der Waals surface area contributed by atoms with E-state index in [2.05, 4.69) is 10.9 Å². The number of halogens is 1. The third kappa shape index (κ3) is 3.12. The number of esters is 1. The summed E-state index contributed by atoms with van der Waals surface area (Å²) in [6.45, 7) is 4.16. The minimum Gasteiger partial charge on any atom is -0.465 e. The van der Waals surface area contributed by atoms with Gasteiger partial charge in [-0.1, -0.05) is 0 Å². The highest BCUT2D eigenvalue weighted by atomic mass is 35.5. The molecule has 0 radical (unpaired) electrons. The van der Waals surface area contributed by atoms with Gasteiger partial charge in [0.15, 0.2) is 0 Å². The van der Waals surface area contributed by atoms with Crippen molar-refractivity contribution in [3.8, 4) is 0 Å². The smallest absolute Gasteiger partial charge is 0.324 e. The summed E-state index contributed by atoms with van der Waals surface area (Å²) in [5, 5.41) is 0. The van der Waals surface area contributed by atoms with E-state index in [1.807, 2.05) is 13.8 Å². The number of hydrogen-bond donors (Lipinski definition) is 2.